The van der Waals surface area contributed by atoms with Gasteiger partial charge in [-0.2, -0.15) is 0 Å². The summed E-state index contributed by atoms with van der Waals surface area (Å²) >= 11 is 0. The van der Waals surface area contributed by atoms with Crippen LogP contribution in [0.4, 0.5) is 8.78 Å². The van der Waals surface area contributed by atoms with Crippen LogP contribution >= 0.6 is 12.4 Å². The van der Waals surface area contributed by atoms with Gasteiger partial charge in [0.1, 0.15) is 11.6 Å². The molecule has 0 atom stereocenters. The minimum atomic E-state index is -0.642. The molecular weight excluding hydrogens is 310 g/mol. The van der Waals surface area contributed by atoms with Crippen LogP contribution in [0.1, 0.15) is 24.8 Å². The number of likely N-dealkylation sites (tertiary alicyclic amines) is 1. The summed E-state index contributed by atoms with van der Waals surface area (Å²) in [5.41, 5.74) is 0.213. The number of rotatable bonds is 2. The molecule has 0 radical (unpaired) electrons. The summed E-state index contributed by atoms with van der Waals surface area (Å²) in [4.78, 5) is 14.0. The third-order valence-electron chi connectivity index (χ3n) is 4.90. The van der Waals surface area contributed by atoms with E-state index < -0.39 is 11.6 Å². The van der Waals surface area contributed by atoms with Crippen LogP contribution in [0, 0.1) is 17.0 Å². The second kappa shape index (κ2) is 6.92. The van der Waals surface area contributed by atoms with E-state index in [-0.39, 0.29) is 30.3 Å². The topological polar surface area (TPSA) is 32.3 Å². The first-order valence-corrected chi connectivity index (χ1v) is 7.51. The molecule has 1 N–H and O–H groups in total. The molecule has 1 aromatic rings. The van der Waals surface area contributed by atoms with Crippen molar-refractivity contribution in [3.05, 3.63) is 35.4 Å². The molecule has 1 aromatic carbocycles. The molecule has 6 heteroatoms. The zero-order chi connectivity index (χ0) is 14.9. The molecule has 2 fully saturated rings. The minimum absolute atomic E-state index is 0. The first kappa shape index (κ1) is 17.2. The Balaban J connectivity index is 0.00000176. The van der Waals surface area contributed by atoms with E-state index in [1.165, 1.54) is 18.2 Å². The smallest absolute Gasteiger partial charge is 0.227 e. The first-order chi connectivity index (χ1) is 10.1. The third kappa shape index (κ3) is 3.41. The van der Waals surface area contributed by atoms with Crippen LogP contribution < -0.4 is 5.32 Å². The van der Waals surface area contributed by atoms with E-state index >= 15 is 0 Å². The predicted octanol–water partition coefficient (Wildman–Crippen LogP) is 2.53. The van der Waals surface area contributed by atoms with Crippen molar-refractivity contribution in [2.45, 2.75) is 25.7 Å². The van der Waals surface area contributed by atoms with Gasteiger partial charge < -0.3 is 10.2 Å². The second-order valence-electron chi connectivity index (χ2n) is 6.18. The molecule has 2 saturated heterocycles. The van der Waals surface area contributed by atoms with Crippen LogP contribution in [0.15, 0.2) is 18.2 Å². The van der Waals surface area contributed by atoms with Gasteiger partial charge in [0.05, 0.1) is 6.42 Å². The lowest BCUT2D eigenvalue weighted by Crippen LogP contribution is -2.44. The Morgan fingerprint density at radius 2 is 1.82 bits per heavy atom. The van der Waals surface area contributed by atoms with Gasteiger partial charge in [0.25, 0.3) is 0 Å². The van der Waals surface area contributed by atoms with Gasteiger partial charge in [-0.25, -0.2) is 8.78 Å². The maximum absolute atomic E-state index is 13.6. The van der Waals surface area contributed by atoms with Gasteiger partial charge in [0, 0.05) is 25.2 Å². The molecule has 22 heavy (non-hydrogen) atoms. The maximum Gasteiger partial charge on any atom is 0.227 e. The largest absolute Gasteiger partial charge is 0.342 e. The molecule has 122 valence electrons. The Hall–Kier alpha value is -1.20. The van der Waals surface area contributed by atoms with Crippen molar-refractivity contribution >= 4 is 18.3 Å². The van der Waals surface area contributed by atoms with Crippen LogP contribution in [0.5, 0.6) is 0 Å². The van der Waals surface area contributed by atoms with E-state index in [0.717, 1.165) is 32.4 Å². The third-order valence-corrected chi connectivity index (χ3v) is 4.90. The number of nitrogens with one attached hydrogen (secondary N) is 1. The summed E-state index contributed by atoms with van der Waals surface area (Å²) in [6.45, 7) is 3.46. The van der Waals surface area contributed by atoms with Crippen molar-refractivity contribution in [1.29, 1.82) is 0 Å². The molecular formula is C16H21ClF2N2O. The van der Waals surface area contributed by atoms with Gasteiger partial charge in [-0.3, -0.25) is 4.79 Å². The molecule has 2 aliphatic heterocycles. The zero-order valence-corrected chi connectivity index (χ0v) is 13.2. The summed E-state index contributed by atoms with van der Waals surface area (Å²) in [6.07, 6.45) is 2.93. The number of nitrogens with zero attached hydrogens (tertiary/aromatic N) is 1. The fraction of sp³-hybridized carbons (Fsp3) is 0.562. The second-order valence-corrected chi connectivity index (χ2v) is 6.18. The molecule has 0 saturated carbocycles. The standard InChI is InChI=1S/C16H20F2N2O.ClH/c17-13-2-1-3-14(18)12(13)10-15(21)20-8-5-16(6-9-20)4-7-19-11-16;/h1-3,19H,4-11H2;1H. The fourth-order valence-electron chi connectivity index (χ4n) is 3.42. The van der Waals surface area contributed by atoms with Gasteiger partial charge in [0.2, 0.25) is 5.91 Å². The number of hydrogen-bond acceptors (Lipinski definition) is 2. The Labute approximate surface area is 135 Å². The highest BCUT2D eigenvalue weighted by Crippen LogP contribution is 2.37. The average molecular weight is 331 g/mol. The lowest BCUT2D eigenvalue weighted by molar-refractivity contribution is -0.132. The van der Waals surface area contributed by atoms with Gasteiger partial charge in [0.15, 0.2) is 0 Å². The monoisotopic (exact) mass is 330 g/mol. The molecule has 0 aliphatic carbocycles. The van der Waals surface area contributed by atoms with Gasteiger partial charge in [-0.1, -0.05) is 6.07 Å². The molecule has 2 heterocycles. The van der Waals surface area contributed by atoms with Gasteiger partial charge >= 0.3 is 0 Å². The van der Waals surface area contributed by atoms with Crippen molar-refractivity contribution in [2.24, 2.45) is 5.41 Å². The Morgan fingerprint density at radius 1 is 1.18 bits per heavy atom. The Kier molecular flexibility index (Phi) is 5.40. The highest BCUT2D eigenvalue weighted by atomic mass is 35.5. The molecule has 3 rings (SSSR count). The van der Waals surface area contributed by atoms with Crippen LogP contribution in [-0.4, -0.2) is 37.0 Å². The number of carbonyl (C=O) groups excluding carboxylic acids is 1. The molecule has 1 spiro atoms. The van der Waals surface area contributed by atoms with Crippen LogP contribution in [0.25, 0.3) is 0 Å². The quantitative estimate of drug-likeness (QED) is 0.903. The molecule has 0 bridgehead atoms. The normalized spacial score (nSPS) is 20.0. The highest BCUT2D eigenvalue weighted by Gasteiger charge is 2.38. The van der Waals surface area contributed by atoms with E-state index in [4.69, 9.17) is 0 Å². The van der Waals surface area contributed by atoms with Crippen LogP contribution in [0.2, 0.25) is 0 Å². The highest BCUT2D eigenvalue weighted by molar-refractivity contribution is 5.85. The number of amides is 1. The van der Waals surface area contributed by atoms with Crippen LogP contribution in [-0.2, 0) is 11.2 Å². The Bertz CT molecular complexity index is 517. The summed E-state index contributed by atoms with van der Waals surface area (Å²) in [5, 5.41) is 3.38. The number of hydrogen-bond donors (Lipinski definition) is 1. The molecule has 3 nitrogen and oxygen atoms in total. The maximum atomic E-state index is 13.6. The summed E-state index contributed by atoms with van der Waals surface area (Å²) < 4.78 is 27.2. The van der Waals surface area contributed by atoms with Gasteiger partial charge in [-0.15, -0.1) is 12.4 Å². The lowest BCUT2D eigenvalue weighted by atomic mass is 9.78. The van der Waals surface area contributed by atoms with Crippen molar-refractivity contribution in [2.75, 3.05) is 26.2 Å². The SMILES string of the molecule is Cl.O=C(Cc1c(F)cccc1F)N1CCC2(CCNC2)CC1. The number of piperidine rings is 1. The lowest BCUT2D eigenvalue weighted by Gasteiger charge is -2.39. The molecule has 0 aromatic heterocycles. The van der Waals surface area contributed by atoms with E-state index in [0.29, 0.717) is 18.5 Å². The molecule has 1 amide bonds. The summed E-state index contributed by atoms with van der Waals surface area (Å²) in [6, 6.07) is 3.71. The number of benzene rings is 1. The van der Waals surface area contributed by atoms with Crippen LogP contribution in [0.3, 0.4) is 0 Å². The Morgan fingerprint density at radius 3 is 2.36 bits per heavy atom. The van der Waals surface area contributed by atoms with Crippen molar-refractivity contribution in [3.63, 3.8) is 0 Å². The van der Waals surface area contributed by atoms with E-state index in [2.05, 4.69) is 5.32 Å². The zero-order valence-electron chi connectivity index (χ0n) is 12.4. The molecule has 0 unspecified atom stereocenters. The summed E-state index contributed by atoms with van der Waals surface area (Å²) in [5.74, 6) is -1.46. The number of carbonyl (C=O) groups is 1. The summed E-state index contributed by atoms with van der Waals surface area (Å²) in [7, 11) is 0. The van der Waals surface area contributed by atoms with E-state index in [1.54, 1.807) is 4.90 Å². The minimum Gasteiger partial charge on any atom is -0.342 e. The fourth-order valence-corrected chi connectivity index (χ4v) is 3.42. The number of halogens is 3. The van der Waals surface area contributed by atoms with E-state index in [1.807, 2.05) is 0 Å². The average Bonchev–Trinajstić information content (AvgIpc) is 2.92. The van der Waals surface area contributed by atoms with E-state index in [9.17, 15) is 13.6 Å². The first-order valence-electron chi connectivity index (χ1n) is 7.51. The molecule has 2 aliphatic rings. The van der Waals surface area contributed by atoms with Crippen molar-refractivity contribution < 1.29 is 13.6 Å². The van der Waals surface area contributed by atoms with Crippen molar-refractivity contribution in [1.82, 2.24) is 10.2 Å². The predicted molar refractivity (Wildman–Crippen MR) is 83.0 cm³/mol. The van der Waals surface area contributed by atoms with Gasteiger partial charge in [-0.05, 0) is 43.4 Å². The van der Waals surface area contributed by atoms with Crippen molar-refractivity contribution in [3.8, 4) is 0 Å².